The van der Waals surface area contributed by atoms with Crippen LogP contribution < -0.4 is 5.32 Å². The second-order valence-electron chi connectivity index (χ2n) is 4.07. The van der Waals surface area contributed by atoms with Crippen LogP contribution in [0, 0.1) is 5.82 Å². The molecule has 0 unspecified atom stereocenters. The molecule has 0 spiro atoms. The molecule has 18 heavy (non-hydrogen) atoms. The van der Waals surface area contributed by atoms with Gasteiger partial charge in [-0.3, -0.25) is 0 Å². The number of rotatable bonds is 5. The Labute approximate surface area is 111 Å². The predicted octanol–water partition coefficient (Wildman–Crippen LogP) is 2.54. The van der Waals surface area contributed by atoms with Gasteiger partial charge in [0.15, 0.2) is 0 Å². The second-order valence-corrected chi connectivity index (χ2v) is 4.46. The summed E-state index contributed by atoms with van der Waals surface area (Å²) in [5.41, 5.74) is 0.725. The highest BCUT2D eigenvalue weighted by Crippen LogP contribution is 2.09. The minimum Gasteiger partial charge on any atom is -0.321 e. The SMILES string of the molecule is Cn1c(Cl)cnc1CNCCc1ccccc1F. The van der Waals surface area contributed by atoms with Crippen molar-refractivity contribution in [3.05, 3.63) is 52.8 Å². The molecule has 0 saturated heterocycles. The normalized spacial score (nSPS) is 10.8. The molecule has 3 nitrogen and oxygen atoms in total. The van der Waals surface area contributed by atoms with E-state index in [0.717, 1.165) is 11.4 Å². The Bertz CT molecular complexity index is 525. The molecular formula is C13H15ClFN3. The fourth-order valence-electron chi connectivity index (χ4n) is 1.71. The summed E-state index contributed by atoms with van der Waals surface area (Å²) in [6, 6.07) is 6.82. The Kier molecular flexibility index (Phi) is 4.33. The molecule has 1 N–H and O–H groups in total. The average molecular weight is 268 g/mol. The predicted molar refractivity (Wildman–Crippen MR) is 70.0 cm³/mol. The van der Waals surface area contributed by atoms with Crippen LogP contribution in [-0.2, 0) is 20.0 Å². The summed E-state index contributed by atoms with van der Waals surface area (Å²) < 4.78 is 15.2. The standard InChI is InChI=1S/C13H15ClFN3/c1-18-12(14)8-17-13(18)9-16-7-6-10-4-2-3-5-11(10)15/h2-5,8,16H,6-7,9H2,1H3. The van der Waals surface area contributed by atoms with Gasteiger partial charge in [-0.2, -0.15) is 0 Å². The van der Waals surface area contributed by atoms with Crippen LogP contribution in [0.25, 0.3) is 0 Å². The van der Waals surface area contributed by atoms with Crippen molar-refractivity contribution < 1.29 is 4.39 Å². The lowest BCUT2D eigenvalue weighted by Gasteiger charge is -2.06. The van der Waals surface area contributed by atoms with E-state index in [9.17, 15) is 4.39 Å². The van der Waals surface area contributed by atoms with Crippen molar-refractivity contribution in [2.75, 3.05) is 6.54 Å². The van der Waals surface area contributed by atoms with Gasteiger partial charge in [0, 0.05) is 7.05 Å². The highest BCUT2D eigenvalue weighted by Gasteiger charge is 2.04. The lowest BCUT2D eigenvalue weighted by atomic mass is 10.1. The molecule has 0 atom stereocenters. The van der Waals surface area contributed by atoms with Crippen molar-refractivity contribution in [2.45, 2.75) is 13.0 Å². The van der Waals surface area contributed by atoms with Gasteiger partial charge < -0.3 is 9.88 Å². The third-order valence-electron chi connectivity index (χ3n) is 2.84. The van der Waals surface area contributed by atoms with Crippen molar-refractivity contribution in [1.29, 1.82) is 0 Å². The molecule has 5 heteroatoms. The fourth-order valence-corrected chi connectivity index (χ4v) is 1.86. The Hall–Kier alpha value is -1.39. The largest absolute Gasteiger partial charge is 0.321 e. The van der Waals surface area contributed by atoms with Crippen LogP contribution in [-0.4, -0.2) is 16.1 Å². The highest BCUT2D eigenvalue weighted by atomic mass is 35.5. The molecule has 0 fully saturated rings. The van der Waals surface area contributed by atoms with Crippen molar-refractivity contribution in [1.82, 2.24) is 14.9 Å². The molecule has 0 radical (unpaired) electrons. The van der Waals surface area contributed by atoms with Gasteiger partial charge in [-0.15, -0.1) is 0 Å². The van der Waals surface area contributed by atoms with E-state index >= 15 is 0 Å². The minimum absolute atomic E-state index is 0.153. The molecule has 1 heterocycles. The molecule has 2 aromatic rings. The van der Waals surface area contributed by atoms with E-state index in [1.165, 1.54) is 6.07 Å². The molecule has 2 rings (SSSR count). The van der Waals surface area contributed by atoms with Crippen LogP contribution in [0.15, 0.2) is 30.5 Å². The van der Waals surface area contributed by atoms with E-state index in [2.05, 4.69) is 10.3 Å². The van der Waals surface area contributed by atoms with Gasteiger partial charge in [-0.25, -0.2) is 9.37 Å². The third-order valence-corrected chi connectivity index (χ3v) is 3.19. The average Bonchev–Trinajstić information content (AvgIpc) is 2.68. The van der Waals surface area contributed by atoms with Crippen LogP contribution in [0.4, 0.5) is 4.39 Å². The molecule has 0 aliphatic rings. The summed E-state index contributed by atoms with van der Waals surface area (Å²) in [4.78, 5) is 4.17. The number of benzene rings is 1. The smallest absolute Gasteiger partial charge is 0.128 e. The Morgan fingerprint density at radius 2 is 2.17 bits per heavy atom. The Morgan fingerprint density at radius 3 is 2.83 bits per heavy atom. The molecule has 1 aromatic carbocycles. The van der Waals surface area contributed by atoms with Gasteiger partial charge in [0.25, 0.3) is 0 Å². The third kappa shape index (κ3) is 3.09. The Morgan fingerprint density at radius 1 is 1.39 bits per heavy atom. The van der Waals surface area contributed by atoms with Crippen molar-refractivity contribution >= 4 is 11.6 Å². The van der Waals surface area contributed by atoms with Gasteiger partial charge in [0.2, 0.25) is 0 Å². The van der Waals surface area contributed by atoms with Crippen LogP contribution in [0.3, 0.4) is 0 Å². The summed E-state index contributed by atoms with van der Waals surface area (Å²) in [6.45, 7) is 1.32. The molecule has 96 valence electrons. The van der Waals surface area contributed by atoms with Crippen LogP contribution in [0.5, 0.6) is 0 Å². The number of nitrogens with zero attached hydrogens (tertiary/aromatic N) is 2. The zero-order valence-electron chi connectivity index (χ0n) is 10.2. The van der Waals surface area contributed by atoms with Gasteiger partial charge in [0.1, 0.15) is 16.8 Å². The first kappa shape index (κ1) is 13.1. The van der Waals surface area contributed by atoms with Gasteiger partial charge in [0.05, 0.1) is 12.7 Å². The number of hydrogen-bond donors (Lipinski definition) is 1. The molecule has 0 aliphatic carbocycles. The summed E-state index contributed by atoms with van der Waals surface area (Å²) in [7, 11) is 1.86. The first-order chi connectivity index (χ1) is 8.68. The topological polar surface area (TPSA) is 29.9 Å². The Balaban J connectivity index is 1.80. The molecule has 0 aliphatic heterocycles. The van der Waals surface area contributed by atoms with Crippen LogP contribution >= 0.6 is 11.6 Å². The molecular weight excluding hydrogens is 253 g/mol. The van der Waals surface area contributed by atoms with Crippen molar-refractivity contribution in [3.63, 3.8) is 0 Å². The zero-order valence-corrected chi connectivity index (χ0v) is 10.9. The summed E-state index contributed by atoms with van der Waals surface area (Å²) in [5, 5.41) is 3.83. The molecule has 0 saturated carbocycles. The van der Waals surface area contributed by atoms with Crippen molar-refractivity contribution in [3.8, 4) is 0 Å². The monoisotopic (exact) mass is 267 g/mol. The zero-order chi connectivity index (χ0) is 13.0. The lowest BCUT2D eigenvalue weighted by molar-refractivity contribution is 0.591. The van der Waals surface area contributed by atoms with Crippen molar-refractivity contribution in [2.24, 2.45) is 7.05 Å². The number of nitrogens with one attached hydrogen (secondary N) is 1. The van der Waals surface area contributed by atoms with E-state index in [-0.39, 0.29) is 5.82 Å². The lowest BCUT2D eigenvalue weighted by Crippen LogP contribution is -2.19. The van der Waals surface area contributed by atoms with Crippen LogP contribution in [0.1, 0.15) is 11.4 Å². The van der Waals surface area contributed by atoms with Crippen LogP contribution in [0.2, 0.25) is 5.15 Å². The fraction of sp³-hybridized carbons (Fsp3) is 0.308. The van der Waals surface area contributed by atoms with E-state index in [1.807, 2.05) is 17.7 Å². The summed E-state index contributed by atoms with van der Waals surface area (Å²) >= 11 is 5.88. The maximum atomic E-state index is 13.3. The second kappa shape index (κ2) is 5.98. The molecule has 1 aromatic heterocycles. The number of halogens is 2. The quantitative estimate of drug-likeness (QED) is 0.844. The maximum absolute atomic E-state index is 13.3. The maximum Gasteiger partial charge on any atom is 0.128 e. The first-order valence-electron chi connectivity index (χ1n) is 5.78. The summed E-state index contributed by atoms with van der Waals surface area (Å²) in [5.74, 6) is 0.716. The van der Waals surface area contributed by atoms with E-state index in [0.29, 0.717) is 24.7 Å². The number of imidazole rings is 1. The van der Waals surface area contributed by atoms with Gasteiger partial charge in [-0.1, -0.05) is 29.8 Å². The first-order valence-corrected chi connectivity index (χ1v) is 6.16. The van der Waals surface area contributed by atoms with Gasteiger partial charge in [-0.05, 0) is 24.6 Å². The number of aromatic nitrogens is 2. The molecule has 0 bridgehead atoms. The van der Waals surface area contributed by atoms with E-state index in [1.54, 1.807) is 18.3 Å². The van der Waals surface area contributed by atoms with Gasteiger partial charge >= 0.3 is 0 Å². The van der Waals surface area contributed by atoms with E-state index in [4.69, 9.17) is 11.6 Å². The minimum atomic E-state index is -0.153. The summed E-state index contributed by atoms with van der Waals surface area (Å²) in [6.07, 6.45) is 2.28. The molecule has 0 amide bonds. The highest BCUT2D eigenvalue weighted by molar-refractivity contribution is 6.29. The van der Waals surface area contributed by atoms with E-state index < -0.39 is 0 Å². The number of hydrogen-bond acceptors (Lipinski definition) is 2.